The third-order valence-electron chi connectivity index (χ3n) is 3.27. The predicted molar refractivity (Wildman–Crippen MR) is 77.1 cm³/mol. The first kappa shape index (κ1) is 14.1. The quantitative estimate of drug-likeness (QED) is 0.372. The van der Waals surface area contributed by atoms with E-state index in [0.29, 0.717) is 4.88 Å². The molecule has 0 radical (unpaired) electrons. The summed E-state index contributed by atoms with van der Waals surface area (Å²) in [7, 11) is 0. The van der Waals surface area contributed by atoms with E-state index in [1.165, 1.54) is 23.5 Å². The zero-order chi connectivity index (χ0) is 15.9. The summed E-state index contributed by atoms with van der Waals surface area (Å²) < 4.78 is 0. The van der Waals surface area contributed by atoms with Crippen LogP contribution >= 0.6 is 11.3 Å². The summed E-state index contributed by atoms with van der Waals surface area (Å²) in [5, 5.41) is 12.7. The van der Waals surface area contributed by atoms with Gasteiger partial charge in [-0.1, -0.05) is 12.1 Å². The molecular weight excluding hydrogens is 308 g/mol. The highest BCUT2D eigenvalue weighted by Gasteiger charge is 2.41. The lowest BCUT2D eigenvalue weighted by Gasteiger charge is -2.11. The Bertz CT molecular complexity index is 813. The number of nitro groups is 1. The Morgan fingerprint density at radius 1 is 1.18 bits per heavy atom. The normalized spacial score (nSPS) is 13.4. The molecule has 1 aromatic carbocycles. The molecule has 2 amide bonds. The Labute approximate surface area is 127 Å². The fourth-order valence-electron chi connectivity index (χ4n) is 2.27. The van der Waals surface area contributed by atoms with Crippen LogP contribution in [0, 0.1) is 10.1 Å². The number of hydrogen-bond donors (Lipinski definition) is 0. The number of Topliss-reactive ketones (excluding diaryl/α,β-unsaturated/α-hetero) is 1. The van der Waals surface area contributed by atoms with Crippen LogP contribution in [-0.2, 0) is 0 Å². The molecule has 0 atom stereocenters. The van der Waals surface area contributed by atoms with Crippen LogP contribution in [0.25, 0.3) is 0 Å². The molecule has 1 aliphatic rings. The minimum Gasteiger partial charge on any atom is -0.291 e. The molecule has 7 nitrogen and oxygen atoms in total. The zero-order valence-corrected chi connectivity index (χ0v) is 11.8. The SMILES string of the molecule is O=C(CN1C(=O)c2cccc([N+](=O)[O-])c2C1=O)c1cccs1. The molecule has 0 bridgehead atoms. The molecule has 0 fully saturated rings. The number of thiophene rings is 1. The number of benzene rings is 1. The lowest BCUT2D eigenvalue weighted by Crippen LogP contribution is -2.34. The third-order valence-corrected chi connectivity index (χ3v) is 4.18. The smallest absolute Gasteiger partial charge is 0.282 e. The number of carbonyl (C=O) groups is 3. The summed E-state index contributed by atoms with van der Waals surface area (Å²) in [6.07, 6.45) is 0. The molecule has 0 saturated heterocycles. The Kier molecular flexibility index (Phi) is 3.30. The lowest BCUT2D eigenvalue weighted by molar-refractivity contribution is -0.385. The number of carbonyl (C=O) groups excluding carboxylic acids is 3. The van der Waals surface area contributed by atoms with E-state index in [9.17, 15) is 24.5 Å². The van der Waals surface area contributed by atoms with Crippen LogP contribution in [0.3, 0.4) is 0 Å². The number of imide groups is 1. The predicted octanol–water partition coefficient (Wildman–Crippen LogP) is 2.14. The summed E-state index contributed by atoms with van der Waals surface area (Å²) in [5.74, 6) is -1.88. The van der Waals surface area contributed by atoms with Crippen LogP contribution in [0.2, 0.25) is 0 Å². The second-order valence-corrected chi connectivity index (χ2v) is 5.50. The maximum atomic E-state index is 12.3. The van der Waals surface area contributed by atoms with E-state index >= 15 is 0 Å². The van der Waals surface area contributed by atoms with Gasteiger partial charge in [-0.25, -0.2) is 0 Å². The van der Waals surface area contributed by atoms with Crippen LogP contribution in [-0.4, -0.2) is 34.0 Å². The molecule has 1 aromatic heterocycles. The van der Waals surface area contributed by atoms with Crippen LogP contribution < -0.4 is 0 Å². The summed E-state index contributed by atoms with van der Waals surface area (Å²) in [6.45, 7) is -0.427. The van der Waals surface area contributed by atoms with Gasteiger partial charge in [-0.3, -0.25) is 29.4 Å². The number of amides is 2. The average molecular weight is 316 g/mol. The van der Waals surface area contributed by atoms with Gasteiger partial charge < -0.3 is 0 Å². The maximum absolute atomic E-state index is 12.3. The van der Waals surface area contributed by atoms with Gasteiger partial charge in [0, 0.05) is 6.07 Å². The van der Waals surface area contributed by atoms with Gasteiger partial charge in [-0.2, -0.15) is 0 Å². The van der Waals surface area contributed by atoms with Crippen molar-refractivity contribution in [3.05, 3.63) is 61.8 Å². The molecule has 2 aromatic rings. The summed E-state index contributed by atoms with van der Waals surface area (Å²) in [5.41, 5.74) is -0.725. The lowest BCUT2D eigenvalue weighted by atomic mass is 10.1. The monoisotopic (exact) mass is 316 g/mol. The highest BCUT2D eigenvalue weighted by Crippen LogP contribution is 2.30. The molecule has 0 N–H and O–H groups in total. The summed E-state index contributed by atoms with van der Waals surface area (Å²) in [6, 6.07) is 7.12. The van der Waals surface area contributed by atoms with Crippen molar-refractivity contribution in [2.75, 3.05) is 6.54 Å². The van der Waals surface area contributed by atoms with Crippen molar-refractivity contribution in [3.63, 3.8) is 0 Å². The molecular formula is C14H8N2O5S. The van der Waals surface area contributed by atoms with E-state index in [1.807, 2.05) is 0 Å². The topological polar surface area (TPSA) is 97.6 Å². The van der Waals surface area contributed by atoms with Crippen molar-refractivity contribution in [2.45, 2.75) is 0 Å². The first-order valence-electron chi connectivity index (χ1n) is 6.21. The van der Waals surface area contributed by atoms with Crippen LogP contribution in [0.5, 0.6) is 0 Å². The highest BCUT2D eigenvalue weighted by molar-refractivity contribution is 7.12. The average Bonchev–Trinajstić information content (AvgIpc) is 3.11. The molecule has 8 heteroatoms. The van der Waals surface area contributed by atoms with Crippen molar-refractivity contribution in [2.24, 2.45) is 0 Å². The second kappa shape index (κ2) is 5.15. The molecule has 0 spiro atoms. The van der Waals surface area contributed by atoms with E-state index < -0.39 is 29.0 Å². The number of nitrogens with zero attached hydrogens (tertiary/aromatic N) is 2. The first-order chi connectivity index (χ1) is 10.5. The fourth-order valence-corrected chi connectivity index (χ4v) is 2.93. The third kappa shape index (κ3) is 2.09. The first-order valence-corrected chi connectivity index (χ1v) is 7.09. The van der Waals surface area contributed by atoms with Gasteiger partial charge in [0.2, 0.25) is 0 Å². The number of hydrogen-bond acceptors (Lipinski definition) is 6. The van der Waals surface area contributed by atoms with E-state index in [2.05, 4.69) is 0 Å². The molecule has 0 saturated carbocycles. The van der Waals surface area contributed by atoms with E-state index in [-0.39, 0.29) is 16.9 Å². The standard InChI is InChI=1S/C14H8N2O5S/c17-10(11-5-2-6-22-11)7-15-13(18)8-3-1-4-9(16(20)21)12(8)14(15)19/h1-6H,7H2. The van der Waals surface area contributed by atoms with Crippen molar-refractivity contribution >= 4 is 34.6 Å². The van der Waals surface area contributed by atoms with Crippen molar-refractivity contribution in [1.29, 1.82) is 0 Å². The molecule has 0 unspecified atom stereocenters. The maximum Gasteiger partial charge on any atom is 0.282 e. The van der Waals surface area contributed by atoms with Gasteiger partial charge in [0.05, 0.1) is 21.9 Å². The molecule has 3 rings (SSSR count). The number of fused-ring (bicyclic) bond motifs is 1. The van der Waals surface area contributed by atoms with Crippen LogP contribution in [0.1, 0.15) is 30.4 Å². The van der Waals surface area contributed by atoms with Gasteiger partial charge in [-0.05, 0) is 17.5 Å². The van der Waals surface area contributed by atoms with Gasteiger partial charge in [0.15, 0.2) is 5.78 Å². The Hall–Kier alpha value is -2.87. The molecule has 1 aliphatic heterocycles. The Balaban J connectivity index is 1.95. The zero-order valence-electron chi connectivity index (χ0n) is 11.0. The molecule has 110 valence electrons. The minimum absolute atomic E-state index is 0.0434. The molecule has 22 heavy (non-hydrogen) atoms. The van der Waals surface area contributed by atoms with Crippen molar-refractivity contribution < 1.29 is 19.3 Å². The van der Waals surface area contributed by atoms with Gasteiger partial charge in [-0.15, -0.1) is 11.3 Å². The minimum atomic E-state index is -0.808. The Morgan fingerprint density at radius 2 is 1.95 bits per heavy atom. The number of ketones is 1. The van der Waals surface area contributed by atoms with Gasteiger partial charge in [0.1, 0.15) is 5.56 Å². The van der Waals surface area contributed by atoms with Gasteiger partial charge in [0.25, 0.3) is 17.5 Å². The number of rotatable bonds is 4. The molecule has 2 heterocycles. The largest absolute Gasteiger partial charge is 0.291 e. The van der Waals surface area contributed by atoms with Crippen LogP contribution in [0.4, 0.5) is 5.69 Å². The summed E-state index contributed by atoms with van der Waals surface area (Å²) in [4.78, 5) is 48.0. The van der Waals surface area contributed by atoms with Crippen molar-refractivity contribution in [3.8, 4) is 0 Å². The highest BCUT2D eigenvalue weighted by atomic mass is 32.1. The Morgan fingerprint density at radius 3 is 2.59 bits per heavy atom. The van der Waals surface area contributed by atoms with E-state index in [4.69, 9.17) is 0 Å². The number of nitro benzene ring substituents is 1. The van der Waals surface area contributed by atoms with Gasteiger partial charge >= 0.3 is 0 Å². The second-order valence-electron chi connectivity index (χ2n) is 4.55. The fraction of sp³-hybridized carbons (Fsp3) is 0.0714. The summed E-state index contributed by atoms with van der Waals surface area (Å²) >= 11 is 1.20. The van der Waals surface area contributed by atoms with E-state index in [1.54, 1.807) is 17.5 Å². The van der Waals surface area contributed by atoms with E-state index in [0.717, 1.165) is 11.0 Å². The molecule has 0 aliphatic carbocycles. The van der Waals surface area contributed by atoms with Crippen LogP contribution in [0.15, 0.2) is 35.7 Å². The van der Waals surface area contributed by atoms with Crippen molar-refractivity contribution in [1.82, 2.24) is 4.90 Å².